The van der Waals surface area contributed by atoms with Crippen molar-refractivity contribution in [1.29, 1.82) is 5.26 Å². The van der Waals surface area contributed by atoms with Crippen molar-refractivity contribution in [2.75, 3.05) is 20.8 Å². The van der Waals surface area contributed by atoms with E-state index < -0.39 is 0 Å². The first-order chi connectivity index (χ1) is 14.6. The van der Waals surface area contributed by atoms with Gasteiger partial charge in [-0.1, -0.05) is 28.1 Å². The first kappa shape index (κ1) is 20.4. The largest absolute Gasteiger partial charge is 0.363 e. The van der Waals surface area contributed by atoms with Gasteiger partial charge in [0.2, 0.25) is 0 Å². The number of nitrogens with one attached hydrogen (secondary N) is 1. The van der Waals surface area contributed by atoms with E-state index in [0.29, 0.717) is 18.7 Å². The number of halogens is 1. The fourth-order valence-electron chi connectivity index (χ4n) is 3.46. The molecular formula is C23H21BrN4O2. The van der Waals surface area contributed by atoms with E-state index in [0.717, 1.165) is 38.4 Å². The Balaban J connectivity index is 1.75. The molecule has 0 bridgehead atoms. The van der Waals surface area contributed by atoms with Crippen LogP contribution in [-0.4, -0.2) is 37.5 Å². The normalized spacial score (nSPS) is 12.6. The zero-order valence-electron chi connectivity index (χ0n) is 16.7. The Morgan fingerprint density at radius 2 is 1.90 bits per heavy atom. The lowest BCUT2D eigenvalue weighted by Crippen LogP contribution is -2.35. The molecule has 2 heterocycles. The summed E-state index contributed by atoms with van der Waals surface area (Å²) in [6, 6.07) is 18.0. The monoisotopic (exact) mass is 464 g/mol. The quantitative estimate of drug-likeness (QED) is 0.566. The number of methoxy groups -OCH3 is 2. The predicted molar refractivity (Wildman–Crippen MR) is 120 cm³/mol. The Morgan fingerprint density at radius 1 is 1.13 bits per heavy atom. The number of rotatable bonds is 5. The molecular weight excluding hydrogens is 444 g/mol. The van der Waals surface area contributed by atoms with Gasteiger partial charge in [0.1, 0.15) is 0 Å². The van der Waals surface area contributed by atoms with Crippen molar-refractivity contribution in [3.05, 3.63) is 76.0 Å². The van der Waals surface area contributed by atoms with E-state index in [-0.39, 0.29) is 6.29 Å². The lowest BCUT2D eigenvalue weighted by atomic mass is 10.1. The van der Waals surface area contributed by atoms with Crippen LogP contribution in [0, 0.1) is 11.3 Å². The van der Waals surface area contributed by atoms with Crippen LogP contribution in [-0.2, 0) is 16.0 Å². The van der Waals surface area contributed by atoms with Crippen LogP contribution in [0.3, 0.4) is 0 Å². The number of fused-ring (bicyclic) bond motifs is 2. The molecule has 7 heteroatoms. The molecule has 1 aliphatic rings. The summed E-state index contributed by atoms with van der Waals surface area (Å²) in [6.07, 6.45) is 1.75. The fourth-order valence-corrected chi connectivity index (χ4v) is 3.87. The zero-order chi connectivity index (χ0) is 21.1. The number of ether oxygens (including phenoxy) is 2. The van der Waals surface area contributed by atoms with E-state index in [1.54, 1.807) is 14.2 Å². The molecule has 0 saturated carbocycles. The first-order valence-corrected chi connectivity index (χ1v) is 10.3. The van der Waals surface area contributed by atoms with Crippen LogP contribution in [0.4, 0.5) is 5.69 Å². The summed E-state index contributed by atoms with van der Waals surface area (Å²) < 4.78 is 13.8. The summed E-state index contributed by atoms with van der Waals surface area (Å²) in [5.41, 5.74) is 5.79. The second-order valence-corrected chi connectivity index (χ2v) is 7.86. The van der Waals surface area contributed by atoms with Gasteiger partial charge in [-0.15, -0.1) is 0 Å². The van der Waals surface area contributed by atoms with Crippen LogP contribution in [0.25, 0.3) is 11.1 Å². The number of benzene rings is 2. The Morgan fingerprint density at radius 3 is 2.60 bits per heavy atom. The van der Waals surface area contributed by atoms with Crippen molar-refractivity contribution >= 4 is 27.5 Å². The molecule has 0 atom stereocenters. The zero-order valence-corrected chi connectivity index (χ0v) is 18.3. The molecule has 3 aromatic rings. The Labute approximate surface area is 183 Å². The molecule has 0 unspecified atom stereocenters. The molecule has 1 N–H and O–H groups in total. The molecule has 0 spiro atoms. The number of aromatic nitrogens is 1. The number of aliphatic imine (C=N–C) groups is 1. The number of hydrogen-bond acceptors (Lipinski definition) is 5. The molecule has 0 saturated heterocycles. The minimum atomic E-state index is -0.373. The van der Waals surface area contributed by atoms with E-state index in [1.165, 1.54) is 0 Å². The number of hydrogen-bond donors (Lipinski definition) is 1. The standard InChI is InChI=1S/C23H21BrN4O2/c1-29-22(30-2)12-26-23-21-10-17(16-5-3-15(11-25)4-6-16)13-28(21)14-18-9-19(24)7-8-20(18)27-23/h3-10,13,22H,12,14H2,1-2H3,(H,26,27). The van der Waals surface area contributed by atoms with Gasteiger partial charge in [0.15, 0.2) is 12.1 Å². The molecule has 1 aliphatic heterocycles. The van der Waals surface area contributed by atoms with Crippen molar-refractivity contribution in [3.8, 4) is 17.2 Å². The first-order valence-electron chi connectivity index (χ1n) is 9.49. The Hall–Kier alpha value is -2.92. The summed E-state index contributed by atoms with van der Waals surface area (Å²) in [4.78, 5) is 4.91. The van der Waals surface area contributed by atoms with Gasteiger partial charge in [-0.2, -0.15) is 5.26 Å². The van der Waals surface area contributed by atoms with Crippen LogP contribution in [0.15, 0.2) is 64.2 Å². The Kier molecular flexibility index (Phi) is 6.00. The number of nitriles is 1. The van der Waals surface area contributed by atoms with Gasteiger partial charge in [-0.3, -0.25) is 0 Å². The minimum Gasteiger partial charge on any atom is -0.363 e. The van der Waals surface area contributed by atoms with Gasteiger partial charge >= 0.3 is 0 Å². The topological polar surface area (TPSA) is 71.6 Å². The highest BCUT2D eigenvalue weighted by atomic mass is 79.9. The highest BCUT2D eigenvalue weighted by Crippen LogP contribution is 2.31. The second kappa shape index (κ2) is 8.84. The molecule has 30 heavy (non-hydrogen) atoms. The second-order valence-electron chi connectivity index (χ2n) is 6.95. The van der Waals surface area contributed by atoms with Gasteiger partial charge in [0.05, 0.1) is 29.6 Å². The summed E-state index contributed by atoms with van der Waals surface area (Å²) >= 11 is 3.56. The molecule has 6 nitrogen and oxygen atoms in total. The molecule has 0 fully saturated rings. The van der Waals surface area contributed by atoms with Crippen LogP contribution >= 0.6 is 15.9 Å². The molecule has 0 radical (unpaired) electrons. The highest BCUT2D eigenvalue weighted by molar-refractivity contribution is 9.10. The fraction of sp³-hybridized carbons (Fsp3) is 0.217. The average molecular weight is 465 g/mol. The Bertz CT molecular complexity index is 1130. The number of amidine groups is 1. The summed E-state index contributed by atoms with van der Waals surface area (Å²) in [5.74, 6) is 0.759. The summed E-state index contributed by atoms with van der Waals surface area (Å²) in [5, 5.41) is 12.4. The van der Waals surface area contributed by atoms with Gasteiger partial charge in [0.25, 0.3) is 0 Å². The maximum atomic E-state index is 9.06. The van der Waals surface area contributed by atoms with Crippen molar-refractivity contribution < 1.29 is 9.47 Å². The SMILES string of the molecule is COC(CNC1=Nc2ccc(Br)cc2Cn2cc(-c3ccc(C#N)cc3)cc21)OC. The van der Waals surface area contributed by atoms with E-state index in [9.17, 15) is 0 Å². The molecule has 2 aromatic carbocycles. The highest BCUT2D eigenvalue weighted by Gasteiger charge is 2.20. The van der Waals surface area contributed by atoms with Crippen LogP contribution in [0.1, 0.15) is 16.8 Å². The molecule has 0 amide bonds. The summed E-state index contributed by atoms with van der Waals surface area (Å²) in [6.45, 7) is 1.17. The molecule has 0 aliphatic carbocycles. The minimum absolute atomic E-state index is 0.373. The smallest absolute Gasteiger partial charge is 0.173 e. The maximum absolute atomic E-state index is 9.06. The molecule has 1 aromatic heterocycles. The number of nitrogens with zero attached hydrogens (tertiary/aromatic N) is 3. The van der Waals surface area contributed by atoms with E-state index in [2.05, 4.69) is 50.2 Å². The van der Waals surface area contributed by atoms with Crippen LogP contribution < -0.4 is 5.32 Å². The maximum Gasteiger partial charge on any atom is 0.173 e. The lowest BCUT2D eigenvalue weighted by Gasteiger charge is -2.16. The van der Waals surface area contributed by atoms with Crippen molar-refractivity contribution in [3.63, 3.8) is 0 Å². The van der Waals surface area contributed by atoms with Gasteiger partial charge in [0, 0.05) is 37.0 Å². The average Bonchev–Trinajstić information content (AvgIpc) is 3.12. The molecule has 4 rings (SSSR count). The summed E-state index contributed by atoms with van der Waals surface area (Å²) in [7, 11) is 3.23. The molecule has 152 valence electrons. The van der Waals surface area contributed by atoms with E-state index in [4.69, 9.17) is 19.7 Å². The lowest BCUT2D eigenvalue weighted by molar-refractivity contribution is -0.0965. The van der Waals surface area contributed by atoms with E-state index in [1.807, 2.05) is 36.4 Å². The van der Waals surface area contributed by atoms with Gasteiger partial charge < -0.3 is 19.4 Å². The van der Waals surface area contributed by atoms with Crippen molar-refractivity contribution in [2.45, 2.75) is 12.8 Å². The third-order valence-electron chi connectivity index (χ3n) is 5.06. The third kappa shape index (κ3) is 4.17. The van der Waals surface area contributed by atoms with Crippen molar-refractivity contribution in [1.82, 2.24) is 9.88 Å². The predicted octanol–water partition coefficient (Wildman–Crippen LogP) is 4.44. The van der Waals surface area contributed by atoms with Crippen LogP contribution in [0.2, 0.25) is 0 Å². The van der Waals surface area contributed by atoms with Gasteiger partial charge in [-0.05, 0) is 47.5 Å². The van der Waals surface area contributed by atoms with Crippen LogP contribution in [0.5, 0.6) is 0 Å². The van der Waals surface area contributed by atoms with Gasteiger partial charge in [-0.25, -0.2) is 4.99 Å². The van der Waals surface area contributed by atoms with Crippen molar-refractivity contribution in [2.24, 2.45) is 4.99 Å². The third-order valence-corrected chi connectivity index (χ3v) is 5.56. The van der Waals surface area contributed by atoms with E-state index >= 15 is 0 Å².